The van der Waals surface area contributed by atoms with Crippen LogP contribution in [0.1, 0.15) is 37.0 Å². The lowest BCUT2D eigenvalue weighted by atomic mass is 9.76. The molecule has 4 heterocycles. The molecule has 136 valence electrons. The van der Waals surface area contributed by atoms with Crippen LogP contribution in [0, 0.1) is 0 Å². The van der Waals surface area contributed by atoms with E-state index < -0.39 is 5.41 Å². The van der Waals surface area contributed by atoms with Gasteiger partial charge < -0.3 is 14.3 Å². The molecule has 2 aromatic heterocycles. The summed E-state index contributed by atoms with van der Waals surface area (Å²) in [7, 11) is 0. The molecular weight excluding hydrogens is 344 g/mol. The van der Waals surface area contributed by atoms with Crippen LogP contribution < -0.4 is 11.0 Å². The predicted octanol–water partition coefficient (Wildman–Crippen LogP) is 2.44. The number of benzene rings is 1. The fraction of sp³-hybridized carbons (Fsp3) is 0.286. The standard InChI is InChI=1S/C21H18N2O4/c1-3-21(2)14-8-16-17-12(18(24)11-6-4-5-7-15(11)22-17)9-23(16)19(25)13(14)10-27-20(21)26/h4-8H,3,9-10H2,1-2H3,(H,22,24)/t21-/m1/s1. The third-order valence-electron chi connectivity index (χ3n) is 6.08. The number of nitrogens with zero attached hydrogens (tertiary/aromatic N) is 1. The SMILES string of the molecule is CC[C@@]1(C)C(=O)OCc2c1cc1n(c2=O)Cc2c-1[nH]c1ccccc1c2=O. The average Bonchev–Trinajstić information content (AvgIpc) is 3.05. The Labute approximate surface area is 154 Å². The van der Waals surface area contributed by atoms with Crippen LogP contribution in [0.3, 0.4) is 0 Å². The molecule has 1 aromatic carbocycles. The van der Waals surface area contributed by atoms with Gasteiger partial charge in [0.05, 0.1) is 28.9 Å². The van der Waals surface area contributed by atoms with Crippen LogP contribution in [-0.4, -0.2) is 15.5 Å². The van der Waals surface area contributed by atoms with Gasteiger partial charge in [-0.25, -0.2) is 0 Å². The van der Waals surface area contributed by atoms with E-state index in [1.54, 1.807) is 10.6 Å². The van der Waals surface area contributed by atoms with Crippen LogP contribution in [0.2, 0.25) is 0 Å². The first kappa shape index (κ1) is 16.1. The molecule has 6 heteroatoms. The quantitative estimate of drug-likeness (QED) is 0.528. The van der Waals surface area contributed by atoms with Gasteiger partial charge in [-0.1, -0.05) is 19.1 Å². The van der Waals surface area contributed by atoms with E-state index in [1.165, 1.54) is 0 Å². The second-order valence-corrected chi connectivity index (χ2v) is 7.43. The number of carbonyl (C=O) groups excluding carboxylic acids is 1. The van der Waals surface area contributed by atoms with Crippen LogP contribution >= 0.6 is 0 Å². The molecule has 27 heavy (non-hydrogen) atoms. The van der Waals surface area contributed by atoms with Crippen molar-refractivity contribution in [2.24, 2.45) is 0 Å². The summed E-state index contributed by atoms with van der Waals surface area (Å²) in [5.74, 6) is -0.313. The van der Waals surface area contributed by atoms with Crippen molar-refractivity contribution in [2.45, 2.75) is 38.8 Å². The molecule has 6 nitrogen and oxygen atoms in total. The number of aromatic amines is 1. The van der Waals surface area contributed by atoms with Crippen molar-refractivity contribution in [1.82, 2.24) is 9.55 Å². The van der Waals surface area contributed by atoms with Crippen molar-refractivity contribution in [1.29, 1.82) is 0 Å². The van der Waals surface area contributed by atoms with Crippen molar-refractivity contribution in [3.8, 4) is 11.4 Å². The van der Waals surface area contributed by atoms with Gasteiger partial charge in [0, 0.05) is 16.5 Å². The van der Waals surface area contributed by atoms with Gasteiger partial charge in [0.25, 0.3) is 5.56 Å². The number of carbonyl (C=O) groups is 1. The number of esters is 1. The third kappa shape index (κ3) is 1.92. The Morgan fingerprint density at radius 3 is 2.74 bits per heavy atom. The Balaban J connectivity index is 1.86. The predicted molar refractivity (Wildman–Crippen MR) is 101 cm³/mol. The van der Waals surface area contributed by atoms with Gasteiger partial charge >= 0.3 is 5.97 Å². The number of pyridine rings is 2. The Morgan fingerprint density at radius 1 is 1.19 bits per heavy atom. The highest BCUT2D eigenvalue weighted by Crippen LogP contribution is 2.38. The molecule has 2 aliphatic heterocycles. The molecule has 0 radical (unpaired) electrons. The topological polar surface area (TPSA) is 81.2 Å². The van der Waals surface area contributed by atoms with Gasteiger partial charge in [-0.2, -0.15) is 0 Å². The van der Waals surface area contributed by atoms with E-state index in [4.69, 9.17) is 4.74 Å². The van der Waals surface area contributed by atoms with Gasteiger partial charge in [-0.15, -0.1) is 0 Å². The number of hydrogen-bond acceptors (Lipinski definition) is 4. The van der Waals surface area contributed by atoms with Crippen molar-refractivity contribution in [3.63, 3.8) is 0 Å². The Bertz CT molecular complexity index is 1270. The molecule has 0 aliphatic carbocycles. The maximum Gasteiger partial charge on any atom is 0.316 e. The normalized spacial score (nSPS) is 20.1. The van der Waals surface area contributed by atoms with Gasteiger partial charge in [0.2, 0.25) is 0 Å². The molecule has 3 aromatic rings. The van der Waals surface area contributed by atoms with Gasteiger partial charge in [-0.3, -0.25) is 14.4 Å². The van der Waals surface area contributed by atoms with E-state index in [1.807, 2.05) is 38.1 Å². The zero-order valence-electron chi connectivity index (χ0n) is 15.1. The fourth-order valence-electron chi connectivity index (χ4n) is 4.23. The summed E-state index contributed by atoms with van der Waals surface area (Å²) < 4.78 is 6.90. The molecule has 1 atom stereocenters. The summed E-state index contributed by atoms with van der Waals surface area (Å²) >= 11 is 0. The number of aromatic nitrogens is 2. The van der Waals surface area contributed by atoms with Crippen molar-refractivity contribution in [2.75, 3.05) is 0 Å². The van der Waals surface area contributed by atoms with Crippen molar-refractivity contribution < 1.29 is 9.53 Å². The number of H-pyrrole nitrogens is 1. The monoisotopic (exact) mass is 362 g/mol. The van der Waals surface area contributed by atoms with Crippen LogP contribution in [0.15, 0.2) is 39.9 Å². The fourth-order valence-corrected chi connectivity index (χ4v) is 4.23. The number of ether oxygens (including phenoxy) is 1. The summed E-state index contributed by atoms with van der Waals surface area (Å²) in [5, 5.41) is 0.610. The van der Waals surface area contributed by atoms with Gasteiger partial charge in [0.15, 0.2) is 5.43 Å². The first-order valence-electron chi connectivity index (χ1n) is 9.04. The highest BCUT2D eigenvalue weighted by Gasteiger charge is 2.43. The molecule has 2 aliphatic rings. The number of para-hydroxylation sites is 1. The van der Waals surface area contributed by atoms with E-state index in [9.17, 15) is 14.4 Å². The second-order valence-electron chi connectivity index (χ2n) is 7.43. The van der Waals surface area contributed by atoms with Crippen molar-refractivity contribution >= 4 is 16.9 Å². The van der Waals surface area contributed by atoms with E-state index in [0.717, 1.165) is 5.52 Å². The van der Waals surface area contributed by atoms with Gasteiger partial charge in [0.1, 0.15) is 6.61 Å². The third-order valence-corrected chi connectivity index (χ3v) is 6.08. The maximum atomic E-state index is 13.1. The molecule has 5 rings (SSSR count). The minimum atomic E-state index is -0.859. The van der Waals surface area contributed by atoms with E-state index >= 15 is 0 Å². The first-order chi connectivity index (χ1) is 13.0. The van der Waals surface area contributed by atoms with Crippen LogP contribution in [0.4, 0.5) is 0 Å². The Kier molecular flexibility index (Phi) is 3.09. The van der Waals surface area contributed by atoms with Crippen LogP contribution in [0.5, 0.6) is 0 Å². The number of rotatable bonds is 1. The number of fused-ring (bicyclic) bond motifs is 5. The molecular formula is C21H18N2O4. The van der Waals surface area contributed by atoms with Crippen LogP contribution in [-0.2, 0) is 28.1 Å². The lowest BCUT2D eigenvalue weighted by molar-refractivity contribution is -0.153. The summed E-state index contributed by atoms with van der Waals surface area (Å²) in [4.78, 5) is 41.8. The smallest absolute Gasteiger partial charge is 0.316 e. The zero-order chi connectivity index (χ0) is 18.9. The molecule has 0 unspecified atom stereocenters. The molecule has 0 saturated carbocycles. The highest BCUT2D eigenvalue weighted by atomic mass is 16.5. The molecule has 1 N–H and O–H groups in total. The molecule has 0 saturated heterocycles. The minimum absolute atomic E-state index is 0.0187. The number of hydrogen-bond donors (Lipinski definition) is 1. The zero-order valence-corrected chi connectivity index (χ0v) is 15.1. The summed E-state index contributed by atoms with van der Waals surface area (Å²) in [6, 6.07) is 9.21. The maximum absolute atomic E-state index is 13.1. The van der Waals surface area contributed by atoms with E-state index in [0.29, 0.717) is 39.9 Å². The Morgan fingerprint density at radius 2 is 1.96 bits per heavy atom. The molecule has 0 fully saturated rings. The number of nitrogens with one attached hydrogen (secondary N) is 1. The minimum Gasteiger partial charge on any atom is -0.460 e. The molecule has 0 bridgehead atoms. The average molecular weight is 362 g/mol. The largest absolute Gasteiger partial charge is 0.460 e. The molecule has 0 amide bonds. The van der Waals surface area contributed by atoms with E-state index in [2.05, 4.69) is 4.98 Å². The summed E-state index contributed by atoms with van der Waals surface area (Å²) in [5.41, 5.74) is 2.74. The highest BCUT2D eigenvalue weighted by molar-refractivity contribution is 5.87. The lowest BCUT2D eigenvalue weighted by Crippen LogP contribution is -2.42. The first-order valence-corrected chi connectivity index (χ1v) is 9.04. The van der Waals surface area contributed by atoms with Gasteiger partial charge in [-0.05, 0) is 37.1 Å². The Hall–Kier alpha value is -3.15. The van der Waals surface area contributed by atoms with Crippen molar-refractivity contribution in [3.05, 3.63) is 67.6 Å². The molecule has 0 spiro atoms. The second kappa shape index (κ2) is 5.19. The number of cyclic esters (lactones) is 1. The lowest BCUT2D eigenvalue weighted by Gasteiger charge is -2.33. The van der Waals surface area contributed by atoms with Crippen LogP contribution in [0.25, 0.3) is 22.3 Å². The van der Waals surface area contributed by atoms with E-state index in [-0.39, 0.29) is 30.1 Å². The summed E-state index contributed by atoms with van der Waals surface area (Å²) in [6.07, 6.45) is 0.531. The summed E-state index contributed by atoms with van der Waals surface area (Å²) in [6.45, 7) is 3.93.